The fourth-order valence-electron chi connectivity index (χ4n) is 2.07. The van der Waals surface area contributed by atoms with Crippen LogP contribution in [0, 0.1) is 11.3 Å². The second-order valence-corrected chi connectivity index (χ2v) is 4.82. The first-order chi connectivity index (χ1) is 12.1. The van der Waals surface area contributed by atoms with Crippen molar-refractivity contribution >= 4 is 18.0 Å². The molecule has 128 valence electrons. The van der Waals surface area contributed by atoms with E-state index in [4.69, 9.17) is 9.47 Å². The molecule has 1 heterocycles. The van der Waals surface area contributed by atoms with Crippen LogP contribution < -0.4 is 0 Å². The van der Waals surface area contributed by atoms with Gasteiger partial charge in [-0.3, -0.25) is 0 Å². The smallest absolute Gasteiger partial charge is 0.359 e. The molecule has 0 bridgehead atoms. The number of nitriles is 1. The molecule has 25 heavy (non-hydrogen) atoms. The molecule has 2 aromatic rings. The molecule has 0 saturated carbocycles. The van der Waals surface area contributed by atoms with Crippen molar-refractivity contribution in [3.8, 4) is 11.8 Å². The molecule has 7 heteroatoms. The van der Waals surface area contributed by atoms with Gasteiger partial charge in [-0.1, -0.05) is 18.2 Å². The predicted molar refractivity (Wildman–Crippen MR) is 89.7 cm³/mol. The lowest BCUT2D eigenvalue weighted by Gasteiger charge is -2.01. The van der Waals surface area contributed by atoms with Crippen molar-refractivity contribution in [2.45, 2.75) is 13.8 Å². The molecule has 0 aliphatic rings. The van der Waals surface area contributed by atoms with Crippen LogP contribution in [0.4, 0.5) is 0 Å². The molecule has 0 aliphatic carbocycles. The first kappa shape index (κ1) is 17.9. The lowest BCUT2D eigenvalue weighted by molar-refractivity contribution is -0.137. The van der Waals surface area contributed by atoms with E-state index in [0.29, 0.717) is 5.56 Å². The van der Waals surface area contributed by atoms with Gasteiger partial charge in [0.25, 0.3) is 0 Å². The van der Waals surface area contributed by atoms with E-state index in [2.05, 4.69) is 5.10 Å². The van der Waals surface area contributed by atoms with Crippen molar-refractivity contribution in [3.05, 3.63) is 53.4 Å². The molecule has 0 spiro atoms. The second kappa shape index (κ2) is 8.45. The normalized spacial score (nSPS) is 10.8. The molecular formula is C18H17N3O4. The van der Waals surface area contributed by atoms with Crippen LogP contribution in [0.1, 0.15) is 29.9 Å². The van der Waals surface area contributed by atoms with Crippen LogP contribution in [-0.2, 0) is 14.3 Å². The molecule has 0 fully saturated rings. The number of carbonyl (C=O) groups excluding carboxylic acids is 2. The van der Waals surface area contributed by atoms with Crippen molar-refractivity contribution in [1.82, 2.24) is 9.78 Å². The molecule has 1 aromatic carbocycles. The molecule has 0 aliphatic heterocycles. The van der Waals surface area contributed by atoms with Gasteiger partial charge >= 0.3 is 11.9 Å². The van der Waals surface area contributed by atoms with E-state index in [1.807, 2.05) is 30.3 Å². The summed E-state index contributed by atoms with van der Waals surface area (Å²) in [5.74, 6) is -1.39. The van der Waals surface area contributed by atoms with E-state index in [1.54, 1.807) is 26.1 Å². The van der Waals surface area contributed by atoms with Crippen molar-refractivity contribution in [2.24, 2.45) is 0 Å². The van der Waals surface area contributed by atoms with Gasteiger partial charge in [0, 0.05) is 11.8 Å². The molecule has 2 rings (SSSR count). The molecule has 0 saturated heterocycles. The van der Waals surface area contributed by atoms with Crippen LogP contribution in [0.3, 0.4) is 0 Å². The Labute approximate surface area is 145 Å². The van der Waals surface area contributed by atoms with Gasteiger partial charge in [0.15, 0.2) is 5.69 Å². The van der Waals surface area contributed by atoms with Gasteiger partial charge in [-0.2, -0.15) is 10.4 Å². The fraction of sp³-hybridized carbons (Fsp3) is 0.222. The third-order valence-corrected chi connectivity index (χ3v) is 3.15. The van der Waals surface area contributed by atoms with Gasteiger partial charge in [0.2, 0.25) is 0 Å². The largest absolute Gasteiger partial charge is 0.462 e. The van der Waals surface area contributed by atoms with Gasteiger partial charge in [-0.05, 0) is 32.1 Å². The third kappa shape index (κ3) is 4.32. The summed E-state index contributed by atoms with van der Waals surface area (Å²) in [6.07, 6.45) is 2.83. The summed E-state index contributed by atoms with van der Waals surface area (Å²) in [5, 5.41) is 13.4. The quantitative estimate of drug-likeness (QED) is 0.456. The average Bonchev–Trinajstić information content (AvgIpc) is 3.05. The van der Waals surface area contributed by atoms with Crippen LogP contribution in [0.5, 0.6) is 0 Å². The Morgan fingerprint density at radius 1 is 1.20 bits per heavy atom. The summed E-state index contributed by atoms with van der Waals surface area (Å²) in [6, 6.07) is 10.9. The van der Waals surface area contributed by atoms with Crippen molar-refractivity contribution in [1.29, 1.82) is 5.26 Å². The van der Waals surface area contributed by atoms with E-state index >= 15 is 0 Å². The number of benzene rings is 1. The van der Waals surface area contributed by atoms with E-state index in [0.717, 1.165) is 5.69 Å². The zero-order valence-corrected chi connectivity index (χ0v) is 13.9. The number of hydrogen-bond donors (Lipinski definition) is 0. The highest BCUT2D eigenvalue weighted by Crippen LogP contribution is 2.17. The number of rotatable bonds is 6. The molecule has 0 N–H and O–H groups in total. The van der Waals surface area contributed by atoms with Gasteiger partial charge in [0.1, 0.15) is 11.6 Å². The summed E-state index contributed by atoms with van der Waals surface area (Å²) in [5.41, 5.74) is 0.817. The predicted octanol–water partition coefficient (Wildman–Crippen LogP) is 2.52. The molecular weight excluding hydrogens is 322 g/mol. The number of aromatic nitrogens is 2. The van der Waals surface area contributed by atoms with E-state index in [-0.39, 0.29) is 24.5 Å². The summed E-state index contributed by atoms with van der Waals surface area (Å²) >= 11 is 0. The first-order valence-corrected chi connectivity index (χ1v) is 7.71. The Hall–Kier alpha value is -3.40. The number of carbonyl (C=O) groups is 2. The van der Waals surface area contributed by atoms with Crippen LogP contribution in [0.2, 0.25) is 0 Å². The highest BCUT2D eigenvalue weighted by Gasteiger charge is 2.20. The maximum absolute atomic E-state index is 12.1. The second-order valence-electron chi connectivity index (χ2n) is 4.82. The summed E-state index contributed by atoms with van der Waals surface area (Å²) in [4.78, 5) is 24.0. The van der Waals surface area contributed by atoms with Gasteiger partial charge in [0.05, 0.1) is 18.9 Å². The Morgan fingerprint density at radius 2 is 1.88 bits per heavy atom. The number of nitrogens with zero attached hydrogens (tertiary/aromatic N) is 3. The Morgan fingerprint density at radius 3 is 2.48 bits per heavy atom. The Balaban J connectivity index is 2.51. The molecule has 0 unspecified atom stereocenters. The molecule has 0 amide bonds. The maximum Gasteiger partial charge on any atom is 0.359 e. The average molecular weight is 339 g/mol. The Bertz CT molecular complexity index is 832. The molecule has 0 radical (unpaired) electrons. The fourth-order valence-corrected chi connectivity index (χ4v) is 2.07. The van der Waals surface area contributed by atoms with Crippen LogP contribution in [-0.4, -0.2) is 34.9 Å². The number of para-hydroxylation sites is 1. The standard InChI is InChI=1S/C18H17N3O4/c1-3-24-17(22)13(11-19)10-14-12-21(15-8-6-5-7-9-15)20-16(14)18(23)25-4-2/h5-10,12H,3-4H2,1-2H3/b13-10+. The number of esters is 2. The van der Waals surface area contributed by atoms with E-state index in [9.17, 15) is 14.9 Å². The summed E-state index contributed by atoms with van der Waals surface area (Å²) < 4.78 is 11.3. The van der Waals surface area contributed by atoms with Crippen LogP contribution in [0.25, 0.3) is 11.8 Å². The van der Waals surface area contributed by atoms with Crippen LogP contribution >= 0.6 is 0 Å². The number of hydrogen-bond acceptors (Lipinski definition) is 6. The van der Waals surface area contributed by atoms with Gasteiger partial charge in [-0.25, -0.2) is 14.3 Å². The van der Waals surface area contributed by atoms with Gasteiger partial charge in [-0.15, -0.1) is 0 Å². The SMILES string of the molecule is CCOC(=O)/C(C#N)=C/c1cn(-c2ccccc2)nc1C(=O)OCC. The lowest BCUT2D eigenvalue weighted by atomic mass is 10.1. The third-order valence-electron chi connectivity index (χ3n) is 3.15. The highest BCUT2D eigenvalue weighted by atomic mass is 16.5. The minimum absolute atomic E-state index is 0.0164. The summed E-state index contributed by atoms with van der Waals surface area (Å²) in [7, 11) is 0. The summed E-state index contributed by atoms with van der Waals surface area (Å²) in [6.45, 7) is 3.65. The zero-order valence-electron chi connectivity index (χ0n) is 13.9. The number of ether oxygens (including phenoxy) is 2. The van der Waals surface area contributed by atoms with E-state index < -0.39 is 11.9 Å². The van der Waals surface area contributed by atoms with Crippen molar-refractivity contribution in [3.63, 3.8) is 0 Å². The first-order valence-electron chi connectivity index (χ1n) is 7.71. The maximum atomic E-state index is 12.1. The molecule has 7 nitrogen and oxygen atoms in total. The van der Waals surface area contributed by atoms with Gasteiger partial charge < -0.3 is 9.47 Å². The minimum atomic E-state index is -0.757. The topological polar surface area (TPSA) is 94.2 Å². The monoisotopic (exact) mass is 339 g/mol. The van der Waals surface area contributed by atoms with Crippen molar-refractivity contribution < 1.29 is 19.1 Å². The highest BCUT2D eigenvalue weighted by molar-refractivity contribution is 6.00. The lowest BCUT2D eigenvalue weighted by Crippen LogP contribution is -2.09. The van der Waals surface area contributed by atoms with E-state index in [1.165, 1.54) is 10.8 Å². The van der Waals surface area contributed by atoms with Crippen LogP contribution in [0.15, 0.2) is 42.1 Å². The van der Waals surface area contributed by atoms with Crippen molar-refractivity contribution in [2.75, 3.05) is 13.2 Å². The Kier molecular flexibility index (Phi) is 6.07. The minimum Gasteiger partial charge on any atom is -0.462 e. The molecule has 0 atom stereocenters. The molecule has 1 aromatic heterocycles. The zero-order chi connectivity index (χ0) is 18.2.